The maximum atomic E-state index is 12.8. The van der Waals surface area contributed by atoms with E-state index in [0.29, 0.717) is 11.5 Å². The third-order valence-corrected chi connectivity index (χ3v) is 5.14. The Balaban J connectivity index is 1.84. The summed E-state index contributed by atoms with van der Waals surface area (Å²) in [6.45, 7) is 6.98. The second kappa shape index (κ2) is 7.74. The summed E-state index contributed by atoms with van der Waals surface area (Å²) in [7, 11) is 1.53. The number of fused-ring (bicyclic) bond motifs is 1. The SMILES string of the molecule is C[C@H](C(=O)Nc1nc2ccc(C#N)cc2n1C1CCC1)N(C)C(=O)OC(C)(C)C. The highest BCUT2D eigenvalue weighted by atomic mass is 16.6. The van der Waals surface area contributed by atoms with Gasteiger partial charge in [-0.3, -0.25) is 15.0 Å². The fourth-order valence-electron chi connectivity index (χ4n) is 3.15. The van der Waals surface area contributed by atoms with Crippen molar-refractivity contribution in [1.82, 2.24) is 14.5 Å². The van der Waals surface area contributed by atoms with Crippen molar-refractivity contribution >= 4 is 29.0 Å². The standard InChI is InChI=1S/C21H27N5O3/c1-13(25(5)20(28)29-21(2,3)4)18(27)24-19-23-16-10-9-14(12-22)11-17(16)26(19)15-7-6-8-15/h9-11,13,15H,6-8H2,1-5H3,(H,23,24,27)/t13-/m1/s1. The van der Waals surface area contributed by atoms with Crippen molar-refractivity contribution in [3.05, 3.63) is 23.8 Å². The summed E-state index contributed by atoms with van der Waals surface area (Å²) < 4.78 is 7.34. The summed E-state index contributed by atoms with van der Waals surface area (Å²) in [5.74, 6) is 0.0870. The molecule has 29 heavy (non-hydrogen) atoms. The molecule has 2 amide bonds. The van der Waals surface area contributed by atoms with Crippen LogP contribution in [0.25, 0.3) is 11.0 Å². The molecule has 1 fully saturated rings. The minimum absolute atomic E-state index is 0.239. The van der Waals surface area contributed by atoms with Crippen LogP contribution in [0.3, 0.4) is 0 Å². The van der Waals surface area contributed by atoms with E-state index in [9.17, 15) is 14.9 Å². The lowest BCUT2D eigenvalue weighted by atomic mass is 9.92. The van der Waals surface area contributed by atoms with Crippen LogP contribution in [0.5, 0.6) is 0 Å². The number of ether oxygens (including phenoxy) is 1. The van der Waals surface area contributed by atoms with E-state index in [4.69, 9.17) is 4.74 Å². The molecule has 1 aromatic carbocycles. The third-order valence-electron chi connectivity index (χ3n) is 5.14. The number of nitrogens with zero attached hydrogens (tertiary/aromatic N) is 4. The molecule has 3 rings (SSSR count). The lowest BCUT2D eigenvalue weighted by Gasteiger charge is -2.30. The molecule has 154 valence electrons. The molecule has 1 aromatic heterocycles. The minimum Gasteiger partial charge on any atom is -0.444 e. The van der Waals surface area contributed by atoms with Crippen LogP contribution in [0, 0.1) is 11.3 Å². The molecule has 1 aliphatic carbocycles. The van der Waals surface area contributed by atoms with Gasteiger partial charge in [-0.1, -0.05) is 0 Å². The largest absolute Gasteiger partial charge is 0.444 e. The number of aromatic nitrogens is 2. The Morgan fingerprint density at radius 3 is 2.62 bits per heavy atom. The number of likely N-dealkylation sites (N-methyl/N-ethyl adjacent to an activating group) is 1. The third kappa shape index (κ3) is 4.34. The van der Waals surface area contributed by atoms with E-state index in [1.54, 1.807) is 45.9 Å². The van der Waals surface area contributed by atoms with E-state index in [1.807, 2.05) is 4.57 Å². The normalized spacial score (nSPS) is 15.3. The number of carbonyl (C=O) groups excluding carboxylic acids is 2. The summed E-state index contributed by atoms with van der Waals surface area (Å²) in [5.41, 5.74) is 1.46. The smallest absolute Gasteiger partial charge is 0.410 e. The zero-order valence-electron chi connectivity index (χ0n) is 17.5. The van der Waals surface area contributed by atoms with E-state index in [2.05, 4.69) is 16.4 Å². The van der Waals surface area contributed by atoms with Crippen molar-refractivity contribution in [3.8, 4) is 6.07 Å². The van der Waals surface area contributed by atoms with Gasteiger partial charge in [-0.05, 0) is 65.2 Å². The number of benzene rings is 1. The Morgan fingerprint density at radius 1 is 1.38 bits per heavy atom. The molecular weight excluding hydrogens is 370 g/mol. The van der Waals surface area contributed by atoms with Crippen molar-refractivity contribution in [1.29, 1.82) is 5.26 Å². The van der Waals surface area contributed by atoms with Crippen molar-refractivity contribution in [2.75, 3.05) is 12.4 Å². The monoisotopic (exact) mass is 397 g/mol. The van der Waals surface area contributed by atoms with Gasteiger partial charge in [-0.25, -0.2) is 9.78 Å². The Hall–Kier alpha value is -3.08. The van der Waals surface area contributed by atoms with Gasteiger partial charge in [0.2, 0.25) is 11.9 Å². The van der Waals surface area contributed by atoms with Gasteiger partial charge in [-0.2, -0.15) is 5.26 Å². The summed E-state index contributed by atoms with van der Waals surface area (Å²) in [4.78, 5) is 30.9. The molecule has 8 nitrogen and oxygen atoms in total. The first kappa shape index (κ1) is 20.6. The fraction of sp³-hybridized carbons (Fsp3) is 0.524. The molecule has 0 radical (unpaired) electrons. The van der Waals surface area contributed by atoms with Crippen LogP contribution in [-0.4, -0.2) is 45.1 Å². The number of nitrogens with one attached hydrogen (secondary N) is 1. The lowest BCUT2D eigenvalue weighted by molar-refractivity contribution is -0.120. The highest BCUT2D eigenvalue weighted by molar-refractivity contribution is 5.96. The maximum Gasteiger partial charge on any atom is 0.410 e. The Bertz CT molecular complexity index is 979. The Kier molecular flexibility index (Phi) is 5.51. The average molecular weight is 397 g/mol. The van der Waals surface area contributed by atoms with Gasteiger partial charge in [0.15, 0.2) is 0 Å². The van der Waals surface area contributed by atoms with Gasteiger partial charge < -0.3 is 9.30 Å². The first-order chi connectivity index (χ1) is 13.6. The van der Waals surface area contributed by atoms with Crippen molar-refractivity contribution in [2.45, 2.75) is 64.6 Å². The van der Waals surface area contributed by atoms with Crippen LogP contribution in [0.4, 0.5) is 10.7 Å². The predicted octanol–water partition coefficient (Wildman–Crippen LogP) is 3.83. The highest BCUT2D eigenvalue weighted by Crippen LogP contribution is 2.37. The summed E-state index contributed by atoms with van der Waals surface area (Å²) >= 11 is 0. The molecule has 0 saturated heterocycles. The molecule has 1 saturated carbocycles. The topological polar surface area (TPSA) is 100 Å². The van der Waals surface area contributed by atoms with Gasteiger partial charge >= 0.3 is 6.09 Å². The summed E-state index contributed by atoms with van der Waals surface area (Å²) in [6, 6.07) is 6.94. The van der Waals surface area contributed by atoms with Gasteiger partial charge in [0.05, 0.1) is 22.7 Å². The van der Waals surface area contributed by atoms with E-state index < -0.39 is 17.7 Å². The zero-order valence-corrected chi connectivity index (χ0v) is 17.5. The Morgan fingerprint density at radius 2 is 2.07 bits per heavy atom. The van der Waals surface area contributed by atoms with Crippen LogP contribution in [0.1, 0.15) is 58.6 Å². The van der Waals surface area contributed by atoms with Crippen LogP contribution in [-0.2, 0) is 9.53 Å². The van der Waals surface area contributed by atoms with Crippen LogP contribution < -0.4 is 5.32 Å². The van der Waals surface area contributed by atoms with Crippen LogP contribution >= 0.6 is 0 Å². The molecule has 0 unspecified atom stereocenters. The van der Waals surface area contributed by atoms with E-state index >= 15 is 0 Å². The minimum atomic E-state index is -0.742. The molecule has 0 spiro atoms. The van der Waals surface area contributed by atoms with Crippen molar-refractivity contribution in [2.24, 2.45) is 0 Å². The lowest BCUT2D eigenvalue weighted by Crippen LogP contribution is -2.45. The molecule has 8 heteroatoms. The van der Waals surface area contributed by atoms with Gasteiger partial charge in [0.25, 0.3) is 0 Å². The molecule has 1 atom stereocenters. The van der Waals surface area contributed by atoms with Crippen LogP contribution in [0.2, 0.25) is 0 Å². The molecule has 2 aromatic rings. The number of amides is 2. The van der Waals surface area contributed by atoms with E-state index in [0.717, 1.165) is 30.3 Å². The van der Waals surface area contributed by atoms with E-state index in [1.165, 1.54) is 11.9 Å². The molecular formula is C21H27N5O3. The number of imidazole rings is 1. The molecule has 1 aliphatic rings. The van der Waals surface area contributed by atoms with Gasteiger partial charge in [-0.15, -0.1) is 0 Å². The molecule has 0 bridgehead atoms. The number of hydrogen-bond acceptors (Lipinski definition) is 5. The van der Waals surface area contributed by atoms with Gasteiger partial charge in [0, 0.05) is 13.1 Å². The molecule has 0 aliphatic heterocycles. The molecule has 1 N–H and O–H groups in total. The number of hydrogen-bond donors (Lipinski definition) is 1. The van der Waals surface area contributed by atoms with E-state index in [-0.39, 0.29) is 11.9 Å². The number of anilines is 1. The van der Waals surface area contributed by atoms with Crippen LogP contribution in [0.15, 0.2) is 18.2 Å². The second-order valence-corrected chi connectivity index (χ2v) is 8.46. The number of carbonyl (C=O) groups is 2. The quantitative estimate of drug-likeness (QED) is 0.845. The van der Waals surface area contributed by atoms with Gasteiger partial charge in [0.1, 0.15) is 11.6 Å². The summed E-state index contributed by atoms with van der Waals surface area (Å²) in [6.07, 6.45) is 2.55. The van der Waals surface area contributed by atoms with Crippen molar-refractivity contribution < 1.29 is 14.3 Å². The average Bonchev–Trinajstić information content (AvgIpc) is 2.94. The number of rotatable bonds is 4. The Labute approximate surface area is 170 Å². The fourth-order valence-corrected chi connectivity index (χ4v) is 3.15. The molecule has 1 heterocycles. The number of nitriles is 1. The maximum absolute atomic E-state index is 12.8. The highest BCUT2D eigenvalue weighted by Gasteiger charge is 2.30. The van der Waals surface area contributed by atoms with Crippen molar-refractivity contribution in [3.63, 3.8) is 0 Å². The first-order valence-corrected chi connectivity index (χ1v) is 9.79. The second-order valence-electron chi connectivity index (χ2n) is 8.46. The summed E-state index contributed by atoms with van der Waals surface area (Å²) in [5, 5.41) is 12.1. The zero-order chi connectivity index (χ0) is 21.3. The predicted molar refractivity (Wildman–Crippen MR) is 109 cm³/mol. The first-order valence-electron chi connectivity index (χ1n) is 9.79.